The molecular formula is C44H28F2N8O2Pt2-6. The van der Waals surface area contributed by atoms with Crippen LogP contribution in [0.3, 0.4) is 0 Å². The summed E-state index contributed by atoms with van der Waals surface area (Å²) in [6.45, 7) is 3.86. The Balaban J connectivity index is 0.00000235. The zero-order valence-corrected chi connectivity index (χ0v) is 35.0. The maximum absolute atomic E-state index is 15.0. The van der Waals surface area contributed by atoms with E-state index in [-0.39, 0.29) is 42.1 Å². The Morgan fingerprint density at radius 1 is 0.534 bits per heavy atom. The first kappa shape index (κ1) is 38.9. The van der Waals surface area contributed by atoms with Crippen LogP contribution in [0, 0.1) is 49.2 Å². The van der Waals surface area contributed by atoms with Gasteiger partial charge in [0.05, 0.1) is 0 Å². The van der Waals surface area contributed by atoms with E-state index in [4.69, 9.17) is 9.47 Å². The van der Waals surface area contributed by atoms with E-state index in [1.807, 2.05) is 129 Å². The molecule has 0 saturated carbocycles. The summed E-state index contributed by atoms with van der Waals surface area (Å²) in [7, 11) is 3.89. The summed E-state index contributed by atoms with van der Waals surface area (Å²) in [5, 5.41) is 1.41. The molecule has 8 aromatic rings. The van der Waals surface area contributed by atoms with Gasteiger partial charge in [-0.05, 0) is 51.0 Å². The first-order valence-corrected chi connectivity index (χ1v) is 17.5. The van der Waals surface area contributed by atoms with Crippen molar-refractivity contribution < 1.29 is 60.4 Å². The fourth-order valence-corrected chi connectivity index (χ4v) is 6.92. The van der Waals surface area contributed by atoms with E-state index < -0.39 is 11.6 Å². The molecule has 0 N–H and O–H groups in total. The van der Waals surface area contributed by atoms with E-state index in [9.17, 15) is 8.78 Å². The minimum absolute atomic E-state index is 0. The first-order valence-electron chi connectivity index (χ1n) is 17.5. The van der Waals surface area contributed by atoms with Crippen molar-refractivity contribution in [1.29, 1.82) is 0 Å². The van der Waals surface area contributed by atoms with Crippen molar-refractivity contribution in [1.82, 2.24) is 28.9 Å². The van der Waals surface area contributed by atoms with Gasteiger partial charge in [0.2, 0.25) is 0 Å². The van der Waals surface area contributed by atoms with Crippen molar-refractivity contribution in [2.24, 2.45) is 0 Å². The molecule has 10 nitrogen and oxygen atoms in total. The molecule has 14 heteroatoms. The second-order valence-electron chi connectivity index (χ2n) is 13.2. The van der Waals surface area contributed by atoms with Gasteiger partial charge in [0.15, 0.2) is 0 Å². The summed E-state index contributed by atoms with van der Waals surface area (Å²) in [6.07, 6.45) is 10.6. The van der Waals surface area contributed by atoms with Crippen LogP contribution < -0.4 is 19.3 Å². The molecule has 0 amide bonds. The van der Waals surface area contributed by atoms with Crippen molar-refractivity contribution in [3.63, 3.8) is 0 Å². The molecular weight excluding hydrogens is 1100 g/mol. The third-order valence-electron chi connectivity index (χ3n) is 9.34. The Morgan fingerprint density at radius 3 is 1.36 bits per heavy atom. The minimum Gasteiger partial charge on any atom is -0.510 e. The summed E-state index contributed by atoms with van der Waals surface area (Å²) in [6, 6.07) is 37.4. The Kier molecular flexibility index (Phi) is 10.6. The summed E-state index contributed by atoms with van der Waals surface area (Å²) < 4.78 is 46.2. The number of ether oxygens (including phenoxy) is 2. The van der Waals surface area contributed by atoms with Crippen molar-refractivity contribution >= 4 is 44.2 Å². The molecule has 58 heavy (non-hydrogen) atoms. The molecule has 6 heterocycles. The molecule has 0 bridgehead atoms. The van der Waals surface area contributed by atoms with Crippen LogP contribution in [-0.2, 0) is 42.1 Å². The van der Waals surface area contributed by atoms with E-state index in [1.54, 1.807) is 12.1 Å². The molecule has 0 fully saturated rings. The number of pyridine rings is 2. The molecule has 2 aliphatic rings. The molecule has 2 aliphatic heterocycles. The van der Waals surface area contributed by atoms with Gasteiger partial charge >= 0.3 is 0 Å². The van der Waals surface area contributed by atoms with Crippen molar-refractivity contribution in [2.45, 2.75) is 0 Å². The number of benzene rings is 4. The van der Waals surface area contributed by atoms with Crippen LogP contribution in [-0.4, -0.2) is 43.0 Å². The first-order chi connectivity index (χ1) is 27.3. The monoisotopic (exact) mass is 1130 g/mol. The van der Waals surface area contributed by atoms with Gasteiger partial charge in [0, 0.05) is 101 Å². The Morgan fingerprint density at radius 2 is 0.966 bits per heavy atom. The van der Waals surface area contributed by atoms with Crippen LogP contribution in [0.5, 0.6) is 23.0 Å². The van der Waals surface area contributed by atoms with Crippen LogP contribution in [0.4, 0.5) is 20.2 Å². The van der Waals surface area contributed by atoms with Crippen LogP contribution in [0.25, 0.3) is 44.5 Å². The molecule has 0 radical (unpaired) electrons. The largest absolute Gasteiger partial charge is 0.510 e. The number of aromatic nitrogens is 4. The number of nitrogens with zero attached hydrogens (tertiary/aromatic N) is 8. The summed E-state index contributed by atoms with van der Waals surface area (Å²) in [5.41, 5.74) is 4.00. The summed E-state index contributed by atoms with van der Waals surface area (Å²) >= 11 is 0. The average Bonchev–Trinajstić information content (AvgIpc) is 3.98. The molecule has 0 aliphatic carbocycles. The topological polar surface area (TPSA) is 67.1 Å². The van der Waals surface area contributed by atoms with Gasteiger partial charge in [-0.25, -0.2) is 18.7 Å². The van der Waals surface area contributed by atoms with Gasteiger partial charge in [-0.1, -0.05) is 21.8 Å². The third-order valence-corrected chi connectivity index (χ3v) is 9.34. The van der Waals surface area contributed by atoms with Crippen LogP contribution in [0.15, 0.2) is 122 Å². The molecule has 296 valence electrons. The Labute approximate surface area is 361 Å². The number of hydrogen-bond acceptors (Lipinski definition) is 8. The third kappa shape index (κ3) is 7.12. The quantitative estimate of drug-likeness (QED) is 0.140. The predicted octanol–water partition coefficient (Wildman–Crippen LogP) is 9.26. The number of hydrogen-bond donors (Lipinski definition) is 0. The average molecular weight is 1130 g/mol. The number of fused-ring (bicyclic) bond motifs is 5. The maximum atomic E-state index is 15.0. The van der Waals surface area contributed by atoms with E-state index in [0.717, 1.165) is 11.4 Å². The molecule has 0 unspecified atom stereocenters. The minimum atomic E-state index is -0.466. The Hall–Kier alpha value is -5.96. The van der Waals surface area contributed by atoms with E-state index in [1.165, 1.54) is 36.7 Å². The van der Waals surface area contributed by atoms with Crippen molar-refractivity contribution in [3.8, 4) is 34.6 Å². The van der Waals surface area contributed by atoms with Gasteiger partial charge < -0.3 is 38.2 Å². The van der Waals surface area contributed by atoms with E-state index in [2.05, 4.69) is 34.2 Å². The zero-order chi connectivity index (χ0) is 37.9. The maximum Gasteiger partial charge on any atom is 0.137 e. The van der Waals surface area contributed by atoms with Crippen LogP contribution in [0.2, 0.25) is 0 Å². The summed E-state index contributed by atoms with van der Waals surface area (Å²) in [5.74, 6) is 1.44. The molecule has 0 spiro atoms. The van der Waals surface area contributed by atoms with Gasteiger partial charge in [-0.2, -0.15) is 37.6 Å². The predicted molar refractivity (Wildman–Crippen MR) is 209 cm³/mol. The molecule has 0 atom stereocenters. The molecule has 10 rings (SSSR count). The zero-order valence-electron chi connectivity index (χ0n) is 30.5. The van der Waals surface area contributed by atoms with E-state index >= 15 is 0 Å². The fourth-order valence-electron chi connectivity index (χ4n) is 6.92. The van der Waals surface area contributed by atoms with Crippen molar-refractivity contribution in [3.05, 3.63) is 171 Å². The standard InChI is InChI=1S/C44H28F2N8O2.2Pt/c1-49-17-19-51(27-49)31-5-3-7-33(23-31)55-35-9-11-37-39(25-35)53(41-21-29(45)13-15-47-41)44-38-12-10-36(26-40(38)54(43(37)44)42-22-30(46)14-16-48-42)56-34-8-4-6-32(24-34)52-20-18-50(2)28-52;;/h3-22,27-28H,1-2H3;;/q-6;;. The normalized spacial score (nSPS) is 13.5. The van der Waals surface area contributed by atoms with Crippen molar-refractivity contribution in [2.75, 3.05) is 23.9 Å². The fraction of sp³-hybridized carbons (Fsp3) is 0.0455. The molecule has 0 saturated heterocycles. The van der Waals surface area contributed by atoms with Gasteiger partial charge in [0.1, 0.15) is 23.3 Å². The number of rotatable bonds is 8. The number of anilines is 2. The number of halogens is 2. The van der Waals surface area contributed by atoms with Gasteiger partial charge in [-0.15, -0.1) is 72.0 Å². The van der Waals surface area contributed by atoms with Crippen LogP contribution >= 0.6 is 0 Å². The molecule has 4 aromatic heterocycles. The van der Waals surface area contributed by atoms with E-state index in [0.29, 0.717) is 67.5 Å². The van der Waals surface area contributed by atoms with Gasteiger partial charge in [0.25, 0.3) is 0 Å². The SMILES string of the molecule is CN1C=CN(c2[c-]c(Oc3[c-]c4c(cc3)c3c(c5ccc(Oc6[c-]c(N7C=CN(C)[CH-]7)ccc6)[c-]c5n3-c3cc(F)ccn3)n4-c3cc(F)ccn3)ccc2)[CH-]1.[Pt].[Pt]. The van der Waals surface area contributed by atoms with Crippen LogP contribution in [0.1, 0.15) is 0 Å². The second-order valence-corrected chi connectivity index (χ2v) is 13.2. The Bertz CT molecular complexity index is 2700. The molecule has 4 aromatic carbocycles. The smallest absolute Gasteiger partial charge is 0.137 e. The summed E-state index contributed by atoms with van der Waals surface area (Å²) in [4.78, 5) is 16.9. The van der Waals surface area contributed by atoms with Gasteiger partial charge in [-0.3, -0.25) is 0 Å². The second kappa shape index (κ2) is 15.8.